The van der Waals surface area contributed by atoms with Crippen LogP contribution in [0.1, 0.15) is 26.7 Å². The van der Waals surface area contributed by atoms with Crippen LogP contribution in [-0.2, 0) is 9.59 Å². The van der Waals surface area contributed by atoms with Crippen molar-refractivity contribution in [2.45, 2.75) is 26.7 Å². The summed E-state index contributed by atoms with van der Waals surface area (Å²) in [6.45, 7) is 4.22. The van der Waals surface area contributed by atoms with Gasteiger partial charge in [0.05, 0.1) is 5.41 Å². The fourth-order valence-corrected chi connectivity index (χ4v) is 1.68. The van der Waals surface area contributed by atoms with Crippen LogP contribution in [0.3, 0.4) is 0 Å². The number of carboxylic acid groups (broad SMARTS) is 1. The molecule has 0 aromatic rings. The van der Waals surface area contributed by atoms with Gasteiger partial charge in [-0.05, 0) is 19.8 Å². The molecule has 4 nitrogen and oxygen atoms in total. The molecule has 1 rings (SSSR count). The second kappa shape index (κ2) is 3.36. The van der Waals surface area contributed by atoms with E-state index in [1.54, 1.807) is 11.8 Å². The fraction of sp³-hybridized carbons (Fsp3) is 0.778. The molecule has 0 spiro atoms. The van der Waals surface area contributed by atoms with E-state index in [0.29, 0.717) is 19.5 Å². The normalized spacial score (nSPS) is 28.6. The van der Waals surface area contributed by atoms with Gasteiger partial charge in [0.15, 0.2) is 0 Å². The fourth-order valence-electron chi connectivity index (χ4n) is 1.68. The van der Waals surface area contributed by atoms with E-state index in [4.69, 9.17) is 5.11 Å². The summed E-state index contributed by atoms with van der Waals surface area (Å²) in [5.74, 6) is -0.842. The Kier molecular flexibility index (Phi) is 2.59. The molecule has 1 fully saturated rings. The Labute approximate surface area is 77.5 Å². The number of carboxylic acids is 1. The van der Waals surface area contributed by atoms with E-state index < -0.39 is 11.4 Å². The Bertz CT molecular complexity index is 239. The smallest absolute Gasteiger partial charge is 0.311 e. The predicted octanol–water partition coefficient (Wildman–Crippen LogP) is 0.720. The van der Waals surface area contributed by atoms with Gasteiger partial charge in [-0.2, -0.15) is 0 Å². The third-order valence-electron chi connectivity index (χ3n) is 2.66. The lowest BCUT2D eigenvalue weighted by molar-refractivity contribution is -0.153. The Balaban J connectivity index is 2.71. The van der Waals surface area contributed by atoms with E-state index in [1.807, 2.05) is 0 Å². The SMILES string of the molecule is CC(=O)N1CCC[C@](C)(C(=O)O)C1. The Morgan fingerprint density at radius 3 is 2.54 bits per heavy atom. The van der Waals surface area contributed by atoms with Crippen molar-refractivity contribution >= 4 is 11.9 Å². The summed E-state index contributed by atoms with van der Waals surface area (Å²) in [4.78, 5) is 23.6. The van der Waals surface area contributed by atoms with Crippen LogP contribution < -0.4 is 0 Å². The van der Waals surface area contributed by atoms with Gasteiger partial charge in [0.1, 0.15) is 0 Å². The molecule has 0 aliphatic carbocycles. The average molecular weight is 185 g/mol. The van der Waals surface area contributed by atoms with Gasteiger partial charge in [-0.25, -0.2) is 0 Å². The highest BCUT2D eigenvalue weighted by atomic mass is 16.4. The van der Waals surface area contributed by atoms with E-state index >= 15 is 0 Å². The lowest BCUT2D eigenvalue weighted by Crippen LogP contribution is -2.47. The number of carbonyl (C=O) groups excluding carboxylic acids is 1. The number of aliphatic carboxylic acids is 1. The van der Waals surface area contributed by atoms with Crippen LogP contribution in [0.4, 0.5) is 0 Å². The van der Waals surface area contributed by atoms with Gasteiger partial charge in [-0.3, -0.25) is 9.59 Å². The zero-order valence-corrected chi connectivity index (χ0v) is 8.04. The monoisotopic (exact) mass is 185 g/mol. The number of amides is 1. The number of carbonyl (C=O) groups is 2. The zero-order valence-electron chi connectivity index (χ0n) is 8.04. The molecule has 74 valence electrons. The van der Waals surface area contributed by atoms with E-state index in [-0.39, 0.29) is 5.91 Å². The number of piperidine rings is 1. The molecule has 0 unspecified atom stereocenters. The van der Waals surface area contributed by atoms with E-state index in [0.717, 1.165) is 6.42 Å². The van der Waals surface area contributed by atoms with Crippen LogP contribution in [0.5, 0.6) is 0 Å². The minimum Gasteiger partial charge on any atom is -0.481 e. The molecule has 1 amide bonds. The van der Waals surface area contributed by atoms with Crippen molar-refractivity contribution in [3.05, 3.63) is 0 Å². The topological polar surface area (TPSA) is 57.6 Å². The molecule has 1 saturated heterocycles. The molecule has 0 aromatic carbocycles. The van der Waals surface area contributed by atoms with Gasteiger partial charge in [0, 0.05) is 20.0 Å². The molecular formula is C9H15NO3. The van der Waals surface area contributed by atoms with E-state index in [9.17, 15) is 9.59 Å². The summed E-state index contributed by atoms with van der Waals surface area (Å²) < 4.78 is 0. The minimum atomic E-state index is -0.807. The highest BCUT2D eigenvalue weighted by Gasteiger charge is 2.38. The van der Waals surface area contributed by atoms with Gasteiger partial charge in [0.25, 0.3) is 0 Å². The standard InChI is InChI=1S/C9H15NO3/c1-7(11)10-5-3-4-9(2,6-10)8(12)13/h3-6H2,1-2H3,(H,12,13)/t9-/m0/s1. The zero-order chi connectivity index (χ0) is 10.1. The van der Waals surface area contributed by atoms with Crippen LogP contribution in [0, 0.1) is 5.41 Å². The van der Waals surface area contributed by atoms with Gasteiger partial charge < -0.3 is 10.0 Å². The van der Waals surface area contributed by atoms with Gasteiger partial charge >= 0.3 is 5.97 Å². The Morgan fingerprint density at radius 1 is 1.46 bits per heavy atom. The second-order valence-electron chi connectivity index (χ2n) is 3.91. The van der Waals surface area contributed by atoms with E-state index in [2.05, 4.69) is 0 Å². The Morgan fingerprint density at radius 2 is 2.08 bits per heavy atom. The summed E-state index contributed by atoms with van der Waals surface area (Å²) in [5, 5.41) is 8.96. The first-order valence-corrected chi connectivity index (χ1v) is 4.45. The third-order valence-corrected chi connectivity index (χ3v) is 2.66. The first-order chi connectivity index (χ1) is 5.96. The van der Waals surface area contributed by atoms with Crippen molar-refractivity contribution in [2.75, 3.05) is 13.1 Å². The van der Waals surface area contributed by atoms with Crippen LogP contribution in [0.2, 0.25) is 0 Å². The number of hydrogen-bond donors (Lipinski definition) is 1. The predicted molar refractivity (Wildman–Crippen MR) is 47.2 cm³/mol. The lowest BCUT2D eigenvalue weighted by Gasteiger charge is -2.36. The van der Waals surface area contributed by atoms with Crippen molar-refractivity contribution < 1.29 is 14.7 Å². The average Bonchev–Trinajstić information content (AvgIpc) is 2.04. The van der Waals surface area contributed by atoms with Crippen molar-refractivity contribution in [1.82, 2.24) is 4.90 Å². The molecule has 1 aliphatic rings. The van der Waals surface area contributed by atoms with Crippen molar-refractivity contribution in [1.29, 1.82) is 0 Å². The summed E-state index contributed by atoms with van der Waals surface area (Å²) >= 11 is 0. The van der Waals surface area contributed by atoms with Gasteiger partial charge in [-0.15, -0.1) is 0 Å². The van der Waals surface area contributed by atoms with E-state index in [1.165, 1.54) is 6.92 Å². The van der Waals surface area contributed by atoms with Crippen LogP contribution in [-0.4, -0.2) is 35.0 Å². The number of rotatable bonds is 1. The molecule has 4 heteroatoms. The highest BCUT2D eigenvalue weighted by Crippen LogP contribution is 2.29. The molecule has 13 heavy (non-hydrogen) atoms. The number of nitrogens with zero attached hydrogens (tertiary/aromatic N) is 1. The summed E-state index contributed by atoms with van der Waals surface area (Å²) in [5.41, 5.74) is -0.746. The first kappa shape index (κ1) is 10.0. The maximum absolute atomic E-state index is 11.0. The Hall–Kier alpha value is -1.06. The second-order valence-corrected chi connectivity index (χ2v) is 3.91. The van der Waals surface area contributed by atoms with Crippen molar-refractivity contribution in [3.8, 4) is 0 Å². The lowest BCUT2D eigenvalue weighted by atomic mass is 9.82. The van der Waals surface area contributed by atoms with Crippen LogP contribution >= 0.6 is 0 Å². The molecule has 1 atom stereocenters. The van der Waals surface area contributed by atoms with Crippen molar-refractivity contribution in [2.24, 2.45) is 5.41 Å². The maximum atomic E-state index is 11.0. The molecule has 0 saturated carbocycles. The van der Waals surface area contributed by atoms with Crippen LogP contribution in [0.15, 0.2) is 0 Å². The summed E-state index contributed by atoms with van der Waals surface area (Å²) in [6, 6.07) is 0. The summed E-state index contributed by atoms with van der Waals surface area (Å²) in [7, 11) is 0. The largest absolute Gasteiger partial charge is 0.481 e. The molecule has 0 aromatic heterocycles. The molecular weight excluding hydrogens is 170 g/mol. The van der Waals surface area contributed by atoms with Gasteiger partial charge in [0.2, 0.25) is 5.91 Å². The third kappa shape index (κ3) is 1.99. The maximum Gasteiger partial charge on any atom is 0.311 e. The quantitative estimate of drug-likeness (QED) is 0.654. The number of likely N-dealkylation sites (tertiary alicyclic amines) is 1. The van der Waals surface area contributed by atoms with Crippen molar-refractivity contribution in [3.63, 3.8) is 0 Å². The van der Waals surface area contributed by atoms with Gasteiger partial charge in [-0.1, -0.05) is 0 Å². The molecule has 1 heterocycles. The van der Waals surface area contributed by atoms with Crippen LogP contribution in [0.25, 0.3) is 0 Å². The molecule has 1 aliphatic heterocycles. The minimum absolute atomic E-state index is 0.0350. The molecule has 1 N–H and O–H groups in total. The summed E-state index contributed by atoms with van der Waals surface area (Å²) in [6.07, 6.45) is 1.44. The molecule has 0 bridgehead atoms. The first-order valence-electron chi connectivity index (χ1n) is 4.45. The highest BCUT2D eigenvalue weighted by molar-refractivity contribution is 5.78. The number of hydrogen-bond acceptors (Lipinski definition) is 2. The molecule has 0 radical (unpaired) electrons.